The van der Waals surface area contributed by atoms with E-state index in [1.165, 1.54) is 7.11 Å². The number of aliphatic hydroxyl groups excluding tert-OH is 1. The first kappa shape index (κ1) is 10.7. The minimum Gasteiger partial charge on any atom is -0.469 e. The van der Waals surface area contributed by atoms with Crippen molar-refractivity contribution in [2.24, 2.45) is 7.05 Å². The van der Waals surface area contributed by atoms with Crippen molar-refractivity contribution in [2.45, 2.75) is 19.4 Å². The van der Waals surface area contributed by atoms with Crippen molar-refractivity contribution in [1.29, 1.82) is 0 Å². The maximum absolute atomic E-state index is 10.9. The number of rotatable bonds is 3. The summed E-state index contributed by atoms with van der Waals surface area (Å²) in [6.07, 6.45) is -0.899. The molecule has 0 unspecified atom stereocenters. The maximum Gasteiger partial charge on any atom is 0.308 e. The maximum atomic E-state index is 10.9. The van der Waals surface area contributed by atoms with Crippen molar-refractivity contribution in [2.75, 3.05) is 7.11 Å². The molecule has 0 amide bonds. The summed E-state index contributed by atoms with van der Waals surface area (Å²) in [5.41, 5.74) is 1.43. The van der Waals surface area contributed by atoms with Gasteiger partial charge in [0.2, 0.25) is 0 Å². The van der Waals surface area contributed by atoms with Crippen LogP contribution in [-0.4, -0.2) is 28.0 Å². The Labute approximate surface area is 82.3 Å². The van der Waals surface area contributed by atoms with Gasteiger partial charge >= 0.3 is 5.97 Å². The van der Waals surface area contributed by atoms with E-state index in [2.05, 4.69) is 9.84 Å². The van der Waals surface area contributed by atoms with Crippen LogP contribution in [0.3, 0.4) is 0 Å². The highest BCUT2D eigenvalue weighted by Crippen LogP contribution is 2.17. The average molecular weight is 198 g/mol. The van der Waals surface area contributed by atoms with Crippen LogP contribution in [-0.2, 0) is 16.6 Å². The molecule has 14 heavy (non-hydrogen) atoms. The second-order valence-corrected chi connectivity index (χ2v) is 3.13. The Kier molecular flexibility index (Phi) is 3.24. The molecule has 5 heteroatoms. The zero-order chi connectivity index (χ0) is 10.7. The SMILES string of the molecule is COC(=O)C[C@H](O)c1cc(C)nn1C. The van der Waals surface area contributed by atoms with Gasteiger partial charge in [-0.15, -0.1) is 0 Å². The van der Waals surface area contributed by atoms with Gasteiger partial charge in [-0.3, -0.25) is 9.48 Å². The molecule has 1 aromatic heterocycles. The van der Waals surface area contributed by atoms with Crippen LogP contribution in [0.1, 0.15) is 23.9 Å². The second-order valence-electron chi connectivity index (χ2n) is 3.13. The number of aryl methyl sites for hydroxylation is 2. The summed E-state index contributed by atoms with van der Waals surface area (Å²) in [7, 11) is 3.02. The molecule has 1 heterocycles. The van der Waals surface area contributed by atoms with Crippen LogP contribution in [0.25, 0.3) is 0 Å². The molecule has 1 rings (SSSR count). The number of hydrogen-bond acceptors (Lipinski definition) is 4. The van der Waals surface area contributed by atoms with E-state index in [9.17, 15) is 9.90 Å². The van der Waals surface area contributed by atoms with Crippen molar-refractivity contribution in [3.8, 4) is 0 Å². The van der Waals surface area contributed by atoms with E-state index in [0.29, 0.717) is 5.69 Å². The lowest BCUT2D eigenvalue weighted by molar-refractivity contribution is -0.143. The number of aromatic nitrogens is 2. The largest absolute Gasteiger partial charge is 0.469 e. The first-order valence-electron chi connectivity index (χ1n) is 4.30. The van der Waals surface area contributed by atoms with Crippen LogP contribution < -0.4 is 0 Å². The van der Waals surface area contributed by atoms with Crippen molar-refractivity contribution in [1.82, 2.24) is 9.78 Å². The molecule has 1 N–H and O–H groups in total. The molecule has 5 nitrogen and oxygen atoms in total. The van der Waals surface area contributed by atoms with Crippen molar-refractivity contribution in [3.63, 3.8) is 0 Å². The lowest BCUT2D eigenvalue weighted by Crippen LogP contribution is -2.11. The number of methoxy groups -OCH3 is 1. The van der Waals surface area contributed by atoms with Crippen molar-refractivity contribution >= 4 is 5.97 Å². The molecule has 0 aliphatic heterocycles. The monoisotopic (exact) mass is 198 g/mol. The summed E-state index contributed by atoms with van der Waals surface area (Å²) >= 11 is 0. The molecule has 0 spiro atoms. The highest BCUT2D eigenvalue weighted by molar-refractivity contribution is 5.69. The fourth-order valence-corrected chi connectivity index (χ4v) is 1.29. The average Bonchev–Trinajstić information content (AvgIpc) is 2.45. The van der Waals surface area contributed by atoms with E-state index in [4.69, 9.17) is 0 Å². The summed E-state index contributed by atoms with van der Waals surface area (Å²) in [5, 5.41) is 13.7. The highest BCUT2D eigenvalue weighted by Gasteiger charge is 2.16. The molecule has 0 aromatic carbocycles. The third kappa shape index (κ3) is 2.32. The predicted octanol–water partition coefficient (Wildman–Crippen LogP) is 0.325. The predicted molar refractivity (Wildman–Crippen MR) is 49.5 cm³/mol. The minimum absolute atomic E-state index is 0.0462. The van der Waals surface area contributed by atoms with Crippen LogP contribution in [0.15, 0.2) is 6.07 Å². The van der Waals surface area contributed by atoms with Crippen LogP contribution in [0.2, 0.25) is 0 Å². The van der Waals surface area contributed by atoms with Crippen molar-refractivity contribution < 1.29 is 14.6 Å². The molecule has 0 saturated heterocycles. The minimum atomic E-state index is -0.853. The summed E-state index contributed by atoms with van der Waals surface area (Å²) in [5.74, 6) is -0.434. The highest BCUT2D eigenvalue weighted by atomic mass is 16.5. The Morgan fingerprint density at radius 3 is 2.86 bits per heavy atom. The van der Waals surface area contributed by atoms with Gasteiger partial charge < -0.3 is 9.84 Å². The van der Waals surface area contributed by atoms with E-state index >= 15 is 0 Å². The number of nitrogens with zero attached hydrogens (tertiary/aromatic N) is 2. The van der Waals surface area contributed by atoms with Gasteiger partial charge in [0.1, 0.15) is 6.10 Å². The van der Waals surface area contributed by atoms with E-state index in [1.54, 1.807) is 17.8 Å². The third-order valence-electron chi connectivity index (χ3n) is 1.97. The quantitative estimate of drug-likeness (QED) is 0.710. The molecule has 0 fully saturated rings. The van der Waals surface area contributed by atoms with Gasteiger partial charge in [0.15, 0.2) is 0 Å². The molecule has 0 aliphatic carbocycles. The Bertz CT molecular complexity index is 333. The summed E-state index contributed by atoms with van der Waals surface area (Å²) < 4.78 is 6.02. The molecule has 1 aromatic rings. The first-order chi connectivity index (χ1) is 6.54. The van der Waals surface area contributed by atoms with E-state index < -0.39 is 12.1 Å². The lowest BCUT2D eigenvalue weighted by Gasteiger charge is -2.08. The van der Waals surface area contributed by atoms with E-state index in [-0.39, 0.29) is 6.42 Å². The van der Waals surface area contributed by atoms with Crippen LogP contribution in [0, 0.1) is 6.92 Å². The van der Waals surface area contributed by atoms with E-state index in [0.717, 1.165) is 5.69 Å². The summed E-state index contributed by atoms with van der Waals surface area (Å²) in [6, 6.07) is 1.74. The number of hydrogen-bond donors (Lipinski definition) is 1. The second kappa shape index (κ2) is 4.23. The number of carbonyl (C=O) groups is 1. The zero-order valence-corrected chi connectivity index (χ0v) is 8.52. The normalized spacial score (nSPS) is 12.6. The van der Waals surface area contributed by atoms with Crippen molar-refractivity contribution in [3.05, 3.63) is 17.5 Å². The van der Waals surface area contributed by atoms with Gasteiger partial charge in [0, 0.05) is 7.05 Å². The Hall–Kier alpha value is -1.36. The van der Waals surface area contributed by atoms with Crippen LogP contribution in [0.5, 0.6) is 0 Å². The molecular weight excluding hydrogens is 184 g/mol. The fourth-order valence-electron chi connectivity index (χ4n) is 1.29. The Balaban J connectivity index is 2.73. The molecule has 78 valence electrons. The number of aliphatic hydroxyl groups is 1. The summed E-state index contributed by atoms with van der Waals surface area (Å²) in [6.45, 7) is 1.83. The molecular formula is C9H14N2O3. The summed E-state index contributed by atoms with van der Waals surface area (Å²) in [4.78, 5) is 10.9. The van der Waals surface area contributed by atoms with E-state index in [1.807, 2.05) is 6.92 Å². The molecule has 0 saturated carbocycles. The lowest BCUT2D eigenvalue weighted by atomic mass is 10.2. The van der Waals surface area contributed by atoms with Gasteiger partial charge in [0.05, 0.1) is 24.9 Å². The molecule has 0 aliphatic rings. The van der Waals surface area contributed by atoms with Gasteiger partial charge in [-0.05, 0) is 13.0 Å². The van der Waals surface area contributed by atoms with Crippen LogP contribution in [0.4, 0.5) is 0 Å². The van der Waals surface area contributed by atoms with Gasteiger partial charge in [0.25, 0.3) is 0 Å². The molecule has 0 radical (unpaired) electrons. The Morgan fingerprint density at radius 2 is 2.43 bits per heavy atom. The smallest absolute Gasteiger partial charge is 0.308 e. The topological polar surface area (TPSA) is 64.3 Å². The van der Waals surface area contributed by atoms with Crippen LogP contribution >= 0.6 is 0 Å². The molecule has 1 atom stereocenters. The van der Waals surface area contributed by atoms with Gasteiger partial charge in [-0.2, -0.15) is 5.10 Å². The Morgan fingerprint density at radius 1 is 1.79 bits per heavy atom. The van der Waals surface area contributed by atoms with Gasteiger partial charge in [-0.1, -0.05) is 0 Å². The number of ether oxygens (including phenoxy) is 1. The molecule has 0 bridgehead atoms. The third-order valence-corrected chi connectivity index (χ3v) is 1.97. The standard InChI is InChI=1S/C9H14N2O3/c1-6-4-7(11(2)10-6)8(12)5-9(13)14-3/h4,8,12H,5H2,1-3H3/t8-/m0/s1. The zero-order valence-electron chi connectivity index (χ0n) is 8.52. The fraction of sp³-hybridized carbons (Fsp3) is 0.556. The first-order valence-corrected chi connectivity index (χ1v) is 4.30. The number of carbonyl (C=O) groups excluding carboxylic acids is 1. The van der Waals surface area contributed by atoms with Gasteiger partial charge in [-0.25, -0.2) is 0 Å². The number of esters is 1.